The van der Waals surface area contributed by atoms with Crippen molar-refractivity contribution < 1.29 is 9.53 Å². The average Bonchev–Trinajstić information content (AvgIpc) is 2.52. The zero-order valence-electron chi connectivity index (χ0n) is 10.7. The number of nitrogens with zero attached hydrogens (tertiary/aromatic N) is 2. The molecule has 1 heterocycles. The highest BCUT2D eigenvalue weighted by Crippen LogP contribution is 2.07. The number of para-hydroxylation sites is 1. The van der Waals surface area contributed by atoms with Gasteiger partial charge in [0.15, 0.2) is 5.84 Å². The van der Waals surface area contributed by atoms with Gasteiger partial charge < -0.3 is 10.5 Å². The van der Waals surface area contributed by atoms with Crippen molar-refractivity contribution in [3.63, 3.8) is 0 Å². The molecule has 1 aromatic heterocycles. The van der Waals surface area contributed by atoms with Gasteiger partial charge in [0.2, 0.25) is 0 Å². The Labute approximate surface area is 116 Å². The predicted octanol–water partition coefficient (Wildman–Crippen LogP) is 1.16. The summed E-state index contributed by atoms with van der Waals surface area (Å²) in [6.45, 7) is 0.0979. The Bertz CT molecular complexity index is 585. The molecule has 0 bridgehead atoms. The summed E-state index contributed by atoms with van der Waals surface area (Å²) in [4.78, 5) is 15.5. The summed E-state index contributed by atoms with van der Waals surface area (Å²) < 4.78 is 5.39. The Morgan fingerprint density at radius 3 is 2.60 bits per heavy atom. The fraction of sp³-hybridized carbons (Fsp3) is 0.0714. The Kier molecular flexibility index (Phi) is 4.66. The van der Waals surface area contributed by atoms with Crippen molar-refractivity contribution >= 4 is 11.7 Å². The van der Waals surface area contributed by atoms with Crippen molar-refractivity contribution in [2.75, 3.05) is 6.61 Å². The molecule has 1 aromatic carbocycles. The second-order valence-corrected chi connectivity index (χ2v) is 3.88. The number of aromatic nitrogens is 1. The number of nitrogens with two attached hydrogens (primary N) is 1. The molecule has 2 aromatic rings. The zero-order chi connectivity index (χ0) is 14.2. The number of hydrazone groups is 1. The Balaban J connectivity index is 1.84. The van der Waals surface area contributed by atoms with Crippen LogP contribution in [-0.4, -0.2) is 23.3 Å². The number of benzene rings is 1. The van der Waals surface area contributed by atoms with E-state index in [0.717, 1.165) is 0 Å². The maximum Gasteiger partial charge on any atom is 0.271 e. The van der Waals surface area contributed by atoms with Crippen LogP contribution in [0.1, 0.15) is 10.4 Å². The molecular weight excluding hydrogens is 256 g/mol. The molecule has 0 fully saturated rings. The van der Waals surface area contributed by atoms with Gasteiger partial charge in [-0.1, -0.05) is 18.2 Å². The second-order valence-electron chi connectivity index (χ2n) is 3.88. The van der Waals surface area contributed by atoms with Gasteiger partial charge in [-0.25, -0.2) is 5.43 Å². The number of pyridine rings is 1. The third-order valence-corrected chi connectivity index (χ3v) is 2.37. The van der Waals surface area contributed by atoms with E-state index in [1.807, 2.05) is 30.3 Å². The standard InChI is InChI=1S/C14H14N4O2/c15-13(10-20-12-4-2-1-3-5-12)17-18-14(19)11-6-8-16-9-7-11/h1-9H,10H2,(H2,15,17)(H,18,19). The summed E-state index contributed by atoms with van der Waals surface area (Å²) in [5, 5.41) is 3.77. The molecule has 1 amide bonds. The smallest absolute Gasteiger partial charge is 0.271 e. The minimum atomic E-state index is -0.352. The van der Waals surface area contributed by atoms with E-state index < -0.39 is 0 Å². The fourth-order valence-corrected chi connectivity index (χ4v) is 1.40. The van der Waals surface area contributed by atoms with Crippen molar-refractivity contribution in [1.29, 1.82) is 0 Å². The Morgan fingerprint density at radius 2 is 1.90 bits per heavy atom. The van der Waals surface area contributed by atoms with Gasteiger partial charge in [0.05, 0.1) is 0 Å². The van der Waals surface area contributed by atoms with E-state index in [4.69, 9.17) is 10.5 Å². The van der Waals surface area contributed by atoms with E-state index in [1.54, 1.807) is 12.1 Å². The number of amidine groups is 1. The Morgan fingerprint density at radius 1 is 1.20 bits per heavy atom. The van der Waals surface area contributed by atoms with Gasteiger partial charge in [0, 0.05) is 18.0 Å². The van der Waals surface area contributed by atoms with Crippen LogP contribution in [0.25, 0.3) is 0 Å². The normalized spacial score (nSPS) is 10.9. The molecule has 0 aliphatic heterocycles. The van der Waals surface area contributed by atoms with Crippen LogP contribution in [0.3, 0.4) is 0 Å². The van der Waals surface area contributed by atoms with Crippen LogP contribution in [0, 0.1) is 0 Å². The maximum absolute atomic E-state index is 11.7. The highest BCUT2D eigenvalue weighted by atomic mass is 16.5. The number of ether oxygens (including phenoxy) is 1. The second kappa shape index (κ2) is 6.89. The highest BCUT2D eigenvalue weighted by molar-refractivity contribution is 5.95. The van der Waals surface area contributed by atoms with Gasteiger partial charge in [0.25, 0.3) is 5.91 Å². The van der Waals surface area contributed by atoms with Crippen LogP contribution in [0.2, 0.25) is 0 Å². The van der Waals surface area contributed by atoms with Crippen LogP contribution in [-0.2, 0) is 0 Å². The first kappa shape index (κ1) is 13.5. The van der Waals surface area contributed by atoms with E-state index in [2.05, 4.69) is 15.5 Å². The maximum atomic E-state index is 11.7. The molecule has 0 unspecified atom stereocenters. The number of hydrogen-bond donors (Lipinski definition) is 2. The number of nitrogens with one attached hydrogen (secondary N) is 1. The SMILES string of the molecule is N/C(COc1ccccc1)=N\NC(=O)c1ccncc1. The predicted molar refractivity (Wildman–Crippen MR) is 75.3 cm³/mol. The molecular formula is C14H14N4O2. The molecule has 3 N–H and O–H groups in total. The van der Waals surface area contributed by atoms with E-state index >= 15 is 0 Å². The molecule has 0 atom stereocenters. The minimum Gasteiger partial charge on any atom is -0.486 e. The fourth-order valence-electron chi connectivity index (χ4n) is 1.40. The topological polar surface area (TPSA) is 89.6 Å². The quantitative estimate of drug-likeness (QED) is 0.484. The Hall–Kier alpha value is -2.89. The largest absolute Gasteiger partial charge is 0.486 e. The van der Waals surface area contributed by atoms with Gasteiger partial charge in [-0.2, -0.15) is 5.10 Å². The summed E-state index contributed by atoms with van der Waals surface area (Å²) >= 11 is 0. The van der Waals surface area contributed by atoms with Gasteiger partial charge >= 0.3 is 0 Å². The molecule has 0 saturated heterocycles. The molecule has 0 aliphatic rings. The monoisotopic (exact) mass is 270 g/mol. The summed E-state index contributed by atoms with van der Waals surface area (Å²) in [5.41, 5.74) is 8.46. The summed E-state index contributed by atoms with van der Waals surface area (Å²) in [6, 6.07) is 12.4. The molecule has 6 nitrogen and oxygen atoms in total. The number of hydrogen-bond acceptors (Lipinski definition) is 4. The number of carbonyl (C=O) groups excluding carboxylic acids is 1. The molecule has 6 heteroatoms. The average molecular weight is 270 g/mol. The lowest BCUT2D eigenvalue weighted by Gasteiger charge is -2.05. The molecule has 0 aliphatic carbocycles. The van der Waals surface area contributed by atoms with Crippen LogP contribution >= 0.6 is 0 Å². The summed E-state index contributed by atoms with van der Waals surface area (Å²) in [5.74, 6) is 0.512. The molecule has 0 radical (unpaired) electrons. The third kappa shape index (κ3) is 4.09. The van der Waals surface area contributed by atoms with Crippen molar-refractivity contribution in [3.8, 4) is 5.75 Å². The van der Waals surface area contributed by atoms with E-state index in [1.165, 1.54) is 12.4 Å². The van der Waals surface area contributed by atoms with E-state index in [-0.39, 0.29) is 18.3 Å². The van der Waals surface area contributed by atoms with Gasteiger partial charge in [0.1, 0.15) is 12.4 Å². The van der Waals surface area contributed by atoms with Crippen LogP contribution < -0.4 is 15.9 Å². The zero-order valence-corrected chi connectivity index (χ0v) is 10.7. The molecule has 0 spiro atoms. The number of rotatable bonds is 5. The van der Waals surface area contributed by atoms with Crippen molar-refractivity contribution in [2.45, 2.75) is 0 Å². The van der Waals surface area contributed by atoms with E-state index in [0.29, 0.717) is 11.3 Å². The first-order valence-corrected chi connectivity index (χ1v) is 5.96. The highest BCUT2D eigenvalue weighted by Gasteiger charge is 2.03. The summed E-state index contributed by atoms with van der Waals surface area (Å²) in [6.07, 6.45) is 3.06. The lowest BCUT2D eigenvalue weighted by atomic mass is 10.3. The number of amides is 1. The van der Waals surface area contributed by atoms with Gasteiger partial charge in [-0.05, 0) is 24.3 Å². The first-order chi connectivity index (χ1) is 9.75. The van der Waals surface area contributed by atoms with Crippen molar-refractivity contribution in [1.82, 2.24) is 10.4 Å². The lowest BCUT2D eigenvalue weighted by molar-refractivity contribution is 0.0954. The molecule has 102 valence electrons. The van der Waals surface area contributed by atoms with Gasteiger partial charge in [-0.3, -0.25) is 9.78 Å². The van der Waals surface area contributed by atoms with Crippen LogP contribution in [0.15, 0.2) is 60.0 Å². The molecule has 2 rings (SSSR count). The molecule has 0 saturated carbocycles. The molecule has 20 heavy (non-hydrogen) atoms. The van der Waals surface area contributed by atoms with Crippen molar-refractivity contribution in [2.24, 2.45) is 10.8 Å². The van der Waals surface area contributed by atoms with E-state index in [9.17, 15) is 4.79 Å². The minimum absolute atomic E-state index is 0.0979. The van der Waals surface area contributed by atoms with Gasteiger partial charge in [-0.15, -0.1) is 0 Å². The van der Waals surface area contributed by atoms with Crippen molar-refractivity contribution in [3.05, 3.63) is 60.4 Å². The number of carbonyl (C=O) groups is 1. The van der Waals surface area contributed by atoms with Crippen LogP contribution in [0.5, 0.6) is 5.75 Å². The third-order valence-electron chi connectivity index (χ3n) is 2.37. The summed E-state index contributed by atoms with van der Waals surface area (Å²) in [7, 11) is 0. The van der Waals surface area contributed by atoms with Crippen LogP contribution in [0.4, 0.5) is 0 Å². The first-order valence-electron chi connectivity index (χ1n) is 5.96. The lowest BCUT2D eigenvalue weighted by Crippen LogP contribution is -2.27.